The minimum atomic E-state index is -1.07. The van der Waals surface area contributed by atoms with Crippen molar-refractivity contribution in [3.8, 4) is 0 Å². The second-order valence-electron chi connectivity index (χ2n) is 5.24. The van der Waals surface area contributed by atoms with Crippen LogP contribution in [0, 0.1) is 0 Å². The van der Waals surface area contributed by atoms with Gasteiger partial charge in [-0.1, -0.05) is 5.21 Å². The fraction of sp³-hybridized carbons (Fsp3) is 0.667. The standard InChI is InChI=1S/C12H17N5O4/c18-11(19)9-10(7-1-3-13-4-2-7)17(16-15-9)6-8-5-14-12(20)21-8/h7-8,13H,1-6H2,(H,14,20)(H,18,19). The van der Waals surface area contributed by atoms with Gasteiger partial charge in [0, 0.05) is 5.92 Å². The van der Waals surface area contributed by atoms with Crippen molar-refractivity contribution in [1.29, 1.82) is 0 Å². The largest absolute Gasteiger partial charge is 0.476 e. The first-order chi connectivity index (χ1) is 10.1. The number of hydrogen-bond acceptors (Lipinski definition) is 6. The Morgan fingerprint density at radius 2 is 2.19 bits per heavy atom. The number of nitrogens with zero attached hydrogens (tertiary/aromatic N) is 3. The maximum atomic E-state index is 11.3. The molecule has 1 unspecified atom stereocenters. The van der Waals surface area contributed by atoms with E-state index in [0.717, 1.165) is 25.9 Å². The van der Waals surface area contributed by atoms with Crippen LogP contribution in [0.5, 0.6) is 0 Å². The van der Waals surface area contributed by atoms with E-state index < -0.39 is 12.1 Å². The van der Waals surface area contributed by atoms with Gasteiger partial charge in [-0.25, -0.2) is 14.3 Å². The van der Waals surface area contributed by atoms with Gasteiger partial charge in [0.25, 0.3) is 0 Å². The third kappa shape index (κ3) is 2.82. The molecule has 0 radical (unpaired) electrons. The number of alkyl carbamates (subject to hydrolysis) is 1. The third-order valence-corrected chi connectivity index (χ3v) is 3.83. The number of carboxylic acids is 1. The van der Waals surface area contributed by atoms with Crippen LogP contribution >= 0.6 is 0 Å². The van der Waals surface area contributed by atoms with Crippen molar-refractivity contribution in [2.45, 2.75) is 31.4 Å². The second-order valence-corrected chi connectivity index (χ2v) is 5.24. The Labute approximate surface area is 120 Å². The molecule has 0 spiro atoms. The number of nitrogens with one attached hydrogen (secondary N) is 2. The lowest BCUT2D eigenvalue weighted by Gasteiger charge is -2.24. The van der Waals surface area contributed by atoms with Gasteiger partial charge >= 0.3 is 12.1 Å². The van der Waals surface area contributed by atoms with Crippen LogP contribution in [-0.4, -0.2) is 57.9 Å². The van der Waals surface area contributed by atoms with E-state index in [1.807, 2.05) is 0 Å². The number of carbonyl (C=O) groups is 2. The molecule has 2 fully saturated rings. The van der Waals surface area contributed by atoms with Crippen LogP contribution in [0.15, 0.2) is 0 Å². The number of cyclic esters (lactones) is 1. The fourth-order valence-electron chi connectivity index (χ4n) is 2.83. The highest BCUT2D eigenvalue weighted by Gasteiger charge is 2.30. The molecular weight excluding hydrogens is 278 g/mol. The Bertz CT molecular complexity index is 552. The molecular formula is C12H17N5O4. The summed E-state index contributed by atoms with van der Waals surface area (Å²) in [5, 5.41) is 22.8. The summed E-state index contributed by atoms with van der Waals surface area (Å²) in [4.78, 5) is 22.4. The Morgan fingerprint density at radius 1 is 1.43 bits per heavy atom. The van der Waals surface area contributed by atoms with E-state index in [0.29, 0.717) is 18.8 Å². The number of hydrogen-bond donors (Lipinski definition) is 3. The summed E-state index contributed by atoms with van der Waals surface area (Å²) in [7, 11) is 0. The van der Waals surface area contributed by atoms with Crippen LogP contribution in [0.2, 0.25) is 0 Å². The van der Waals surface area contributed by atoms with Gasteiger partial charge in [0.05, 0.1) is 18.8 Å². The average molecular weight is 295 g/mol. The van der Waals surface area contributed by atoms with Crippen molar-refractivity contribution in [2.75, 3.05) is 19.6 Å². The van der Waals surface area contributed by atoms with E-state index in [-0.39, 0.29) is 17.7 Å². The topological polar surface area (TPSA) is 118 Å². The van der Waals surface area contributed by atoms with Gasteiger partial charge in [0.15, 0.2) is 5.69 Å². The zero-order valence-corrected chi connectivity index (χ0v) is 11.4. The smallest absolute Gasteiger partial charge is 0.407 e. The molecule has 0 bridgehead atoms. The molecule has 3 rings (SSSR count). The van der Waals surface area contributed by atoms with Crippen LogP contribution < -0.4 is 10.6 Å². The van der Waals surface area contributed by atoms with E-state index in [4.69, 9.17) is 4.74 Å². The minimum absolute atomic E-state index is 0.000757. The quantitative estimate of drug-likeness (QED) is 0.688. The molecule has 0 saturated carbocycles. The summed E-state index contributed by atoms with van der Waals surface area (Å²) in [6.07, 6.45) is 0.885. The summed E-state index contributed by atoms with van der Waals surface area (Å²) in [6.45, 7) is 2.40. The monoisotopic (exact) mass is 295 g/mol. The number of carboxylic acid groups (broad SMARTS) is 1. The van der Waals surface area contributed by atoms with Crippen molar-refractivity contribution < 1.29 is 19.4 Å². The molecule has 21 heavy (non-hydrogen) atoms. The van der Waals surface area contributed by atoms with Gasteiger partial charge in [-0.15, -0.1) is 5.10 Å². The molecule has 1 atom stereocenters. The molecule has 3 heterocycles. The first-order valence-electron chi connectivity index (χ1n) is 6.97. The van der Waals surface area contributed by atoms with E-state index in [2.05, 4.69) is 20.9 Å². The van der Waals surface area contributed by atoms with Gasteiger partial charge in [-0.05, 0) is 25.9 Å². The fourth-order valence-corrected chi connectivity index (χ4v) is 2.83. The first-order valence-corrected chi connectivity index (χ1v) is 6.97. The lowest BCUT2D eigenvalue weighted by Crippen LogP contribution is -2.30. The highest BCUT2D eigenvalue weighted by Crippen LogP contribution is 2.27. The Hall–Kier alpha value is -2.16. The number of ether oxygens (including phenoxy) is 1. The normalized spacial score (nSPS) is 22.9. The van der Waals surface area contributed by atoms with Crippen molar-refractivity contribution in [3.05, 3.63) is 11.4 Å². The summed E-state index contributed by atoms with van der Waals surface area (Å²) in [6, 6.07) is 0. The molecule has 9 heteroatoms. The molecule has 2 aliphatic rings. The average Bonchev–Trinajstić information content (AvgIpc) is 3.07. The summed E-state index contributed by atoms with van der Waals surface area (Å²) in [5.41, 5.74) is 0.631. The van der Waals surface area contributed by atoms with Gasteiger partial charge < -0.3 is 20.5 Å². The summed E-state index contributed by atoms with van der Waals surface area (Å²) in [5.74, 6) is -0.964. The third-order valence-electron chi connectivity index (χ3n) is 3.83. The Balaban J connectivity index is 1.85. The lowest BCUT2D eigenvalue weighted by molar-refractivity contribution is 0.0687. The number of rotatable bonds is 4. The zero-order chi connectivity index (χ0) is 14.8. The first kappa shape index (κ1) is 13.8. The summed E-state index contributed by atoms with van der Waals surface area (Å²) >= 11 is 0. The van der Waals surface area contributed by atoms with Crippen molar-refractivity contribution in [1.82, 2.24) is 25.6 Å². The Kier molecular flexibility index (Phi) is 3.74. The lowest BCUT2D eigenvalue weighted by atomic mass is 9.93. The molecule has 2 saturated heterocycles. The van der Waals surface area contributed by atoms with Crippen LogP contribution in [0.1, 0.15) is 34.9 Å². The highest BCUT2D eigenvalue weighted by atomic mass is 16.6. The van der Waals surface area contributed by atoms with Gasteiger partial charge in [-0.3, -0.25) is 0 Å². The van der Waals surface area contributed by atoms with E-state index in [1.165, 1.54) is 0 Å². The Morgan fingerprint density at radius 3 is 2.81 bits per heavy atom. The van der Waals surface area contributed by atoms with Crippen LogP contribution in [-0.2, 0) is 11.3 Å². The van der Waals surface area contributed by atoms with Gasteiger partial charge in [0.1, 0.15) is 6.10 Å². The molecule has 9 nitrogen and oxygen atoms in total. The second kappa shape index (κ2) is 5.68. The predicted octanol–water partition coefficient (Wildman–Crippen LogP) is -0.448. The number of aromatic carboxylic acids is 1. The van der Waals surface area contributed by atoms with Gasteiger partial charge in [-0.2, -0.15) is 0 Å². The number of carbonyl (C=O) groups excluding carboxylic acids is 1. The number of piperidine rings is 1. The number of aromatic nitrogens is 3. The highest BCUT2D eigenvalue weighted by molar-refractivity contribution is 5.86. The number of amides is 1. The maximum Gasteiger partial charge on any atom is 0.407 e. The molecule has 114 valence electrons. The molecule has 0 aromatic carbocycles. The van der Waals surface area contributed by atoms with E-state index >= 15 is 0 Å². The SMILES string of the molecule is O=C1NCC(Cn2nnc(C(=O)O)c2C2CCNCC2)O1. The van der Waals surface area contributed by atoms with Crippen molar-refractivity contribution in [2.24, 2.45) is 0 Å². The summed E-state index contributed by atoms with van der Waals surface area (Å²) < 4.78 is 6.65. The van der Waals surface area contributed by atoms with E-state index in [9.17, 15) is 14.7 Å². The van der Waals surface area contributed by atoms with Crippen LogP contribution in [0.25, 0.3) is 0 Å². The van der Waals surface area contributed by atoms with Crippen molar-refractivity contribution >= 4 is 12.1 Å². The van der Waals surface area contributed by atoms with Crippen molar-refractivity contribution in [3.63, 3.8) is 0 Å². The molecule has 1 aromatic heterocycles. The zero-order valence-electron chi connectivity index (χ0n) is 11.4. The molecule has 0 aliphatic carbocycles. The minimum Gasteiger partial charge on any atom is -0.476 e. The molecule has 3 N–H and O–H groups in total. The van der Waals surface area contributed by atoms with Crippen LogP contribution in [0.3, 0.4) is 0 Å². The predicted molar refractivity (Wildman–Crippen MR) is 70.1 cm³/mol. The maximum absolute atomic E-state index is 11.3. The molecule has 1 aromatic rings. The van der Waals surface area contributed by atoms with Crippen LogP contribution in [0.4, 0.5) is 4.79 Å². The van der Waals surface area contributed by atoms with E-state index in [1.54, 1.807) is 4.68 Å². The molecule has 1 amide bonds. The van der Waals surface area contributed by atoms with Gasteiger partial charge in [0.2, 0.25) is 0 Å². The molecule has 2 aliphatic heterocycles.